The molecule has 0 aliphatic heterocycles. The second-order valence-electron chi connectivity index (χ2n) is 4.27. The average Bonchev–Trinajstić information content (AvgIpc) is 3.00. The molecule has 2 rings (SSSR count). The van der Waals surface area contributed by atoms with Gasteiger partial charge in [0, 0.05) is 11.4 Å². The van der Waals surface area contributed by atoms with Gasteiger partial charge >= 0.3 is 0 Å². The average molecular weight is 290 g/mol. The first kappa shape index (κ1) is 14.7. The summed E-state index contributed by atoms with van der Waals surface area (Å²) in [6.45, 7) is 0.842. The molecule has 20 heavy (non-hydrogen) atoms. The Balaban J connectivity index is 2.06. The maximum absolute atomic E-state index is 11.9. The minimum absolute atomic E-state index is 0.0336. The molecule has 0 saturated heterocycles. The van der Waals surface area contributed by atoms with E-state index in [0.29, 0.717) is 13.2 Å². The van der Waals surface area contributed by atoms with Gasteiger partial charge in [0.2, 0.25) is 5.91 Å². The normalized spacial score (nSPS) is 12.1. The lowest BCUT2D eigenvalue weighted by Gasteiger charge is -2.18. The van der Waals surface area contributed by atoms with Crippen molar-refractivity contribution in [2.24, 2.45) is 5.73 Å². The van der Waals surface area contributed by atoms with E-state index in [4.69, 9.17) is 10.5 Å². The Bertz CT molecular complexity index is 514. The van der Waals surface area contributed by atoms with Crippen LogP contribution in [0.3, 0.4) is 0 Å². The molecular formula is C15H18N2O2S. The van der Waals surface area contributed by atoms with Crippen molar-refractivity contribution in [3.8, 4) is 0 Å². The third-order valence-corrected chi connectivity index (χ3v) is 3.70. The molecule has 0 bridgehead atoms. The van der Waals surface area contributed by atoms with Crippen LogP contribution in [0.15, 0.2) is 47.8 Å². The summed E-state index contributed by atoms with van der Waals surface area (Å²) >= 11 is 1.62. The number of hydrogen-bond acceptors (Lipinski definition) is 4. The number of nitrogens with two attached hydrogens (primary N) is 1. The van der Waals surface area contributed by atoms with Crippen molar-refractivity contribution in [2.75, 3.05) is 19.8 Å². The van der Waals surface area contributed by atoms with Gasteiger partial charge in [0.1, 0.15) is 6.61 Å². The summed E-state index contributed by atoms with van der Waals surface area (Å²) in [5, 5.41) is 5.00. The first-order chi connectivity index (χ1) is 9.81. The number of carbonyl (C=O) groups excluding carboxylic acids is 1. The number of benzene rings is 1. The largest absolute Gasteiger partial charge is 0.370 e. The van der Waals surface area contributed by atoms with Crippen LogP contribution < -0.4 is 11.1 Å². The first-order valence-electron chi connectivity index (χ1n) is 6.47. The molecule has 2 aromatic rings. The standard InChI is InChI=1S/C15H18N2O2S/c16-8-9-19-11-14(18)17-15(13-7-4-10-20-13)12-5-2-1-3-6-12/h1-7,10,15H,8-9,11,16H2,(H,17,18). The highest BCUT2D eigenvalue weighted by atomic mass is 32.1. The Morgan fingerprint density at radius 3 is 2.70 bits per heavy atom. The van der Waals surface area contributed by atoms with Crippen LogP contribution in [-0.4, -0.2) is 25.7 Å². The van der Waals surface area contributed by atoms with Crippen LogP contribution in [0.1, 0.15) is 16.5 Å². The summed E-state index contributed by atoms with van der Waals surface area (Å²) < 4.78 is 5.17. The van der Waals surface area contributed by atoms with E-state index in [-0.39, 0.29) is 18.6 Å². The van der Waals surface area contributed by atoms with E-state index in [1.54, 1.807) is 11.3 Å². The van der Waals surface area contributed by atoms with Crippen molar-refractivity contribution in [2.45, 2.75) is 6.04 Å². The fourth-order valence-corrected chi connectivity index (χ4v) is 2.67. The van der Waals surface area contributed by atoms with E-state index in [1.807, 2.05) is 47.8 Å². The molecule has 3 N–H and O–H groups in total. The van der Waals surface area contributed by atoms with Crippen molar-refractivity contribution in [3.05, 3.63) is 58.3 Å². The Morgan fingerprint density at radius 2 is 2.05 bits per heavy atom. The molecule has 1 atom stereocenters. The van der Waals surface area contributed by atoms with E-state index < -0.39 is 0 Å². The molecule has 1 heterocycles. The Kier molecular flexibility index (Phi) is 5.73. The van der Waals surface area contributed by atoms with Crippen molar-refractivity contribution >= 4 is 17.2 Å². The fourth-order valence-electron chi connectivity index (χ4n) is 1.87. The number of rotatable bonds is 7. The van der Waals surface area contributed by atoms with Crippen LogP contribution >= 0.6 is 11.3 Å². The van der Waals surface area contributed by atoms with Crippen molar-refractivity contribution in [1.29, 1.82) is 0 Å². The van der Waals surface area contributed by atoms with Crippen molar-refractivity contribution in [3.63, 3.8) is 0 Å². The van der Waals surface area contributed by atoms with Gasteiger partial charge in [-0.05, 0) is 17.0 Å². The van der Waals surface area contributed by atoms with Crippen LogP contribution in [0.4, 0.5) is 0 Å². The molecule has 1 aromatic heterocycles. The minimum atomic E-state index is -0.138. The van der Waals surface area contributed by atoms with E-state index in [1.165, 1.54) is 0 Å². The van der Waals surface area contributed by atoms with Gasteiger partial charge in [-0.25, -0.2) is 0 Å². The quantitative estimate of drug-likeness (QED) is 0.766. The highest BCUT2D eigenvalue weighted by molar-refractivity contribution is 7.10. The van der Waals surface area contributed by atoms with Crippen LogP contribution in [0, 0.1) is 0 Å². The fraction of sp³-hybridized carbons (Fsp3) is 0.267. The van der Waals surface area contributed by atoms with Crippen LogP contribution in [0.5, 0.6) is 0 Å². The molecule has 0 fully saturated rings. The highest BCUT2D eigenvalue weighted by Crippen LogP contribution is 2.25. The number of carbonyl (C=O) groups is 1. The molecule has 0 spiro atoms. The molecule has 1 amide bonds. The van der Waals surface area contributed by atoms with Crippen molar-refractivity contribution in [1.82, 2.24) is 5.32 Å². The molecule has 0 saturated carbocycles. The van der Waals surface area contributed by atoms with Crippen molar-refractivity contribution < 1.29 is 9.53 Å². The molecule has 1 aromatic carbocycles. The molecule has 0 aliphatic rings. The van der Waals surface area contributed by atoms with E-state index >= 15 is 0 Å². The van der Waals surface area contributed by atoms with Crippen LogP contribution in [0.2, 0.25) is 0 Å². The molecule has 1 unspecified atom stereocenters. The minimum Gasteiger partial charge on any atom is -0.370 e. The van der Waals surface area contributed by atoms with E-state index in [9.17, 15) is 4.79 Å². The van der Waals surface area contributed by atoms with Crippen LogP contribution in [0.25, 0.3) is 0 Å². The summed E-state index contributed by atoms with van der Waals surface area (Å²) in [4.78, 5) is 13.0. The monoisotopic (exact) mass is 290 g/mol. The lowest BCUT2D eigenvalue weighted by molar-refractivity contribution is -0.126. The molecular weight excluding hydrogens is 272 g/mol. The highest BCUT2D eigenvalue weighted by Gasteiger charge is 2.17. The second kappa shape index (κ2) is 7.79. The molecule has 0 aliphatic carbocycles. The third kappa shape index (κ3) is 4.16. The maximum Gasteiger partial charge on any atom is 0.246 e. The first-order valence-corrected chi connectivity index (χ1v) is 7.34. The molecule has 5 heteroatoms. The number of nitrogens with one attached hydrogen (secondary N) is 1. The second-order valence-corrected chi connectivity index (χ2v) is 5.25. The summed E-state index contributed by atoms with van der Waals surface area (Å²) in [7, 11) is 0. The lowest BCUT2D eigenvalue weighted by atomic mass is 10.1. The topological polar surface area (TPSA) is 64.3 Å². The van der Waals surface area contributed by atoms with Gasteiger partial charge in [-0.2, -0.15) is 0 Å². The summed E-state index contributed by atoms with van der Waals surface area (Å²) in [6.07, 6.45) is 0. The molecule has 106 valence electrons. The Morgan fingerprint density at radius 1 is 1.25 bits per heavy atom. The zero-order valence-electron chi connectivity index (χ0n) is 11.1. The number of thiophene rings is 1. The maximum atomic E-state index is 11.9. The van der Waals surface area contributed by atoms with Gasteiger partial charge in [0.15, 0.2) is 0 Å². The predicted octanol–water partition coefficient (Wildman–Crippen LogP) is 1.93. The van der Waals surface area contributed by atoms with Gasteiger partial charge < -0.3 is 15.8 Å². The lowest BCUT2D eigenvalue weighted by Crippen LogP contribution is -2.32. The van der Waals surface area contributed by atoms with Gasteiger partial charge in [-0.3, -0.25) is 4.79 Å². The van der Waals surface area contributed by atoms with E-state index in [2.05, 4.69) is 5.32 Å². The SMILES string of the molecule is NCCOCC(=O)NC(c1ccccc1)c1cccs1. The Labute approximate surface area is 122 Å². The number of ether oxygens (including phenoxy) is 1. The van der Waals surface area contributed by atoms with Gasteiger partial charge in [-0.1, -0.05) is 36.4 Å². The van der Waals surface area contributed by atoms with E-state index in [0.717, 1.165) is 10.4 Å². The molecule has 4 nitrogen and oxygen atoms in total. The number of hydrogen-bond donors (Lipinski definition) is 2. The summed E-state index contributed by atoms with van der Waals surface area (Å²) in [5.41, 5.74) is 6.39. The Hall–Kier alpha value is -1.69. The zero-order valence-corrected chi connectivity index (χ0v) is 11.9. The number of amides is 1. The third-order valence-electron chi connectivity index (χ3n) is 2.76. The smallest absolute Gasteiger partial charge is 0.246 e. The predicted molar refractivity (Wildman–Crippen MR) is 80.6 cm³/mol. The van der Waals surface area contributed by atoms with Gasteiger partial charge in [0.05, 0.1) is 12.6 Å². The molecule has 0 radical (unpaired) electrons. The summed E-state index contributed by atoms with van der Waals surface area (Å²) in [6, 6.07) is 13.8. The van der Waals surface area contributed by atoms with Gasteiger partial charge in [0.25, 0.3) is 0 Å². The van der Waals surface area contributed by atoms with Gasteiger partial charge in [-0.15, -0.1) is 11.3 Å². The summed E-state index contributed by atoms with van der Waals surface area (Å²) in [5.74, 6) is -0.138. The zero-order chi connectivity index (χ0) is 14.2. The van der Waals surface area contributed by atoms with Crippen LogP contribution in [-0.2, 0) is 9.53 Å².